The van der Waals surface area contributed by atoms with E-state index in [1.165, 1.54) is 37.3 Å². The number of hydrogen-bond donors (Lipinski definition) is 1. The lowest BCUT2D eigenvalue weighted by atomic mass is 10.1. The molecule has 0 unspecified atom stereocenters. The van der Waals surface area contributed by atoms with Crippen LogP contribution in [0.3, 0.4) is 0 Å². The third-order valence-corrected chi connectivity index (χ3v) is 8.83. The van der Waals surface area contributed by atoms with E-state index in [1.807, 2.05) is 0 Å². The van der Waals surface area contributed by atoms with Crippen molar-refractivity contribution in [2.75, 3.05) is 10.8 Å². The molecule has 3 aromatic carbocycles. The van der Waals surface area contributed by atoms with Crippen molar-refractivity contribution in [3.8, 4) is 0 Å². The second kappa shape index (κ2) is 13.4. The van der Waals surface area contributed by atoms with Gasteiger partial charge in [0.1, 0.15) is 12.6 Å². The number of amides is 2. The smallest absolute Gasteiger partial charge is 0.352 e. The van der Waals surface area contributed by atoms with Crippen LogP contribution in [0.2, 0.25) is 10.0 Å². The lowest BCUT2D eigenvalue weighted by molar-refractivity contribution is -0.139. The van der Waals surface area contributed by atoms with Crippen LogP contribution < -0.4 is 9.62 Å². The normalized spacial score (nSPS) is 12.6. The van der Waals surface area contributed by atoms with E-state index in [2.05, 4.69) is 5.32 Å². The van der Waals surface area contributed by atoms with Crippen LogP contribution in [0.25, 0.3) is 0 Å². The van der Waals surface area contributed by atoms with Crippen LogP contribution >= 0.6 is 23.2 Å². The van der Waals surface area contributed by atoms with Gasteiger partial charge in [-0.25, -0.2) is 8.42 Å². The number of rotatable bonds is 10. The van der Waals surface area contributed by atoms with Gasteiger partial charge in [0.25, 0.3) is 10.0 Å². The second-order valence-electron chi connectivity index (χ2n) is 9.93. The number of alkyl halides is 3. The molecular weight excluding hydrogens is 614 g/mol. The molecule has 2 amide bonds. The number of carbonyl (C=O) groups is 2. The maximum absolute atomic E-state index is 13.9. The van der Waals surface area contributed by atoms with Crippen LogP contribution in [0, 0.1) is 6.92 Å². The number of hydrogen-bond acceptors (Lipinski definition) is 4. The average molecular weight is 645 g/mol. The van der Waals surface area contributed by atoms with Gasteiger partial charge in [-0.2, -0.15) is 13.2 Å². The molecule has 1 atom stereocenters. The van der Waals surface area contributed by atoms with Crippen molar-refractivity contribution in [1.82, 2.24) is 10.2 Å². The molecule has 226 valence electrons. The zero-order valence-electron chi connectivity index (χ0n) is 23.2. The molecule has 0 aromatic heterocycles. The van der Waals surface area contributed by atoms with Crippen molar-refractivity contribution in [1.29, 1.82) is 0 Å². The predicted octanol–water partition coefficient (Wildman–Crippen LogP) is 6.46. The molecule has 3 aromatic rings. The van der Waals surface area contributed by atoms with Gasteiger partial charge in [0.2, 0.25) is 11.8 Å². The molecule has 42 heavy (non-hydrogen) atoms. The van der Waals surface area contributed by atoms with Gasteiger partial charge < -0.3 is 10.2 Å². The molecule has 7 nitrogen and oxygen atoms in total. The third kappa shape index (κ3) is 7.96. The van der Waals surface area contributed by atoms with Crippen LogP contribution in [0.4, 0.5) is 18.9 Å². The fraction of sp³-hybridized carbons (Fsp3) is 0.310. The van der Waals surface area contributed by atoms with Crippen LogP contribution in [0.1, 0.15) is 37.5 Å². The van der Waals surface area contributed by atoms with Gasteiger partial charge in [-0.3, -0.25) is 13.9 Å². The van der Waals surface area contributed by atoms with E-state index in [0.29, 0.717) is 15.9 Å². The molecule has 0 saturated heterocycles. The number of halogens is 5. The zero-order chi connectivity index (χ0) is 31.4. The Hall–Kier alpha value is -3.28. The molecule has 0 aliphatic carbocycles. The average Bonchev–Trinajstić information content (AvgIpc) is 2.90. The van der Waals surface area contributed by atoms with Crippen LogP contribution in [-0.4, -0.2) is 43.8 Å². The Morgan fingerprint density at radius 3 is 2.05 bits per heavy atom. The molecule has 0 saturated carbocycles. The van der Waals surface area contributed by atoms with E-state index in [4.69, 9.17) is 23.2 Å². The van der Waals surface area contributed by atoms with Crippen molar-refractivity contribution in [2.45, 2.75) is 57.4 Å². The first-order valence-corrected chi connectivity index (χ1v) is 15.0. The summed E-state index contributed by atoms with van der Waals surface area (Å²) < 4.78 is 69.0. The van der Waals surface area contributed by atoms with Gasteiger partial charge in [-0.1, -0.05) is 53.0 Å². The molecule has 3 rings (SSSR count). The summed E-state index contributed by atoms with van der Waals surface area (Å²) in [5.41, 5.74) is -0.413. The Labute approximate surface area is 253 Å². The van der Waals surface area contributed by atoms with E-state index in [-0.39, 0.29) is 33.2 Å². The van der Waals surface area contributed by atoms with Crippen molar-refractivity contribution in [2.24, 2.45) is 0 Å². The Balaban J connectivity index is 2.13. The minimum atomic E-state index is -4.77. The van der Waals surface area contributed by atoms with E-state index in [9.17, 15) is 31.2 Å². The highest BCUT2D eigenvalue weighted by Crippen LogP contribution is 2.34. The van der Waals surface area contributed by atoms with Gasteiger partial charge in [0.05, 0.1) is 16.1 Å². The summed E-state index contributed by atoms with van der Waals surface area (Å²) in [6.45, 7) is 5.45. The molecule has 0 bridgehead atoms. The molecule has 13 heteroatoms. The number of sulfonamides is 1. The number of anilines is 1. The molecular formula is C29H30Cl2F3N3O4S. The summed E-state index contributed by atoms with van der Waals surface area (Å²) in [5, 5.41) is 3.12. The molecule has 0 fully saturated rings. The summed E-state index contributed by atoms with van der Waals surface area (Å²) in [7, 11) is -4.55. The fourth-order valence-corrected chi connectivity index (χ4v) is 5.97. The Bertz CT molecular complexity index is 1530. The highest BCUT2D eigenvalue weighted by molar-refractivity contribution is 7.92. The zero-order valence-corrected chi connectivity index (χ0v) is 25.6. The van der Waals surface area contributed by atoms with E-state index >= 15 is 0 Å². The molecule has 0 radical (unpaired) electrons. The lowest BCUT2D eigenvalue weighted by Crippen LogP contribution is -2.52. The quantitative estimate of drug-likeness (QED) is 0.275. The minimum Gasteiger partial charge on any atom is -0.352 e. The second-order valence-corrected chi connectivity index (χ2v) is 12.6. The summed E-state index contributed by atoms with van der Waals surface area (Å²) in [5.74, 6) is -1.40. The lowest BCUT2D eigenvalue weighted by Gasteiger charge is -2.32. The topological polar surface area (TPSA) is 86.8 Å². The van der Waals surface area contributed by atoms with Gasteiger partial charge >= 0.3 is 6.18 Å². The van der Waals surface area contributed by atoms with Gasteiger partial charge in [0.15, 0.2) is 0 Å². The Morgan fingerprint density at radius 2 is 1.50 bits per heavy atom. The number of carbonyl (C=O) groups excluding carboxylic acids is 2. The highest BCUT2D eigenvalue weighted by atomic mass is 35.5. The van der Waals surface area contributed by atoms with Crippen LogP contribution in [0.5, 0.6) is 0 Å². The molecule has 0 aliphatic heterocycles. The first-order valence-electron chi connectivity index (χ1n) is 12.8. The van der Waals surface area contributed by atoms with Crippen molar-refractivity contribution in [3.05, 3.63) is 93.5 Å². The molecule has 0 heterocycles. The Kier molecular flexibility index (Phi) is 10.6. The van der Waals surface area contributed by atoms with Crippen LogP contribution in [-0.2, 0) is 32.3 Å². The van der Waals surface area contributed by atoms with Crippen molar-refractivity contribution in [3.63, 3.8) is 0 Å². The molecule has 1 N–H and O–H groups in total. The molecule has 0 aliphatic rings. The van der Waals surface area contributed by atoms with Gasteiger partial charge in [-0.15, -0.1) is 0 Å². The van der Waals surface area contributed by atoms with Crippen molar-refractivity contribution < 1.29 is 31.2 Å². The van der Waals surface area contributed by atoms with Crippen LogP contribution in [0.15, 0.2) is 71.6 Å². The van der Waals surface area contributed by atoms with Gasteiger partial charge in [0, 0.05) is 28.2 Å². The summed E-state index contributed by atoms with van der Waals surface area (Å²) in [6, 6.07) is 12.6. The maximum Gasteiger partial charge on any atom is 0.416 e. The van der Waals surface area contributed by atoms with Gasteiger partial charge in [-0.05, 0) is 70.2 Å². The number of nitrogens with one attached hydrogen (secondary N) is 1. The number of nitrogens with zero attached hydrogens (tertiary/aromatic N) is 2. The minimum absolute atomic E-state index is 0.207. The van der Waals surface area contributed by atoms with Crippen molar-refractivity contribution >= 4 is 50.7 Å². The predicted molar refractivity (Wildman–Crippen MR) is 157 cm³/mol. The highest BCUT2D eigenvalue weighted by Gasteiger charge is 2.35. The molecule has 0 spiro atoms. The monoisotopic (exact) mass is 643 g/mol. The fourth-order valence-electron chi connectivity index (χ4n) is 4.05. The number of benzene rings is 3. The summed E-state index contributed by atoms with van der Waals surface area (Å²) >= 11 is 12.7. The SMILES string of the molecule is Cc1ccc(S(=O)(=O)N(CC(=O)N(Cc2c(Cl)cccc2Cl)[C@H](C)C(=O)NC(C)C)c2cccc(C(F)(F)F)c2)cc1. The van der Waals surface area contributed by atoms with E-state index < -0.39 is 46.2 Å². The summed E-state index contributed by atoms with van der Waals surface area (Å²) in [4.78, 5) is 27.8. The Morgan fingerprint density at radius 1 is 0.929 bits per heavy atom. The standard InChI is InChI=1S/C29H30Cl2F3N3O4S/c1-18(2)35-28(39)20(4)36(16-24-25(30)9-6-10-26(24)31)27(38)17-37(22-8-5-7-21(15-22)29(32,33)34)42(40,41)23-13-11-19(3)12-14-23/h5-15,18,20H,16-17H2,1-4H3,(H,35,39)/t20-/m1/s1. The summed E-state index contributed by atoms with van der Waals surface area (Å²) in [6.07, 6.45) is -4.77. The third-order valence-electron chi connectivity index (χ3n) is 6.34. The number of aryl methyl sites for hydroxylation is 1. The largest absolute Gasteiger partial charge is 0.416 e. The first-order chi connectivity index (χ1) is 19.5. The van der Waals surface area contributed by atoms with E-state index in [1.54, 1.807) is 39.0 Å². The maximum atomic E-state index is 13.9. The first kappa shape index (κ1) is 33.2. The van der Waals surface area contributed by atoms with E-state index in [0.717, 1.165) is 22.6 Å².